The number of benzene rings is 1. The van der Waals surface area contributed by atoms with Gasteiger partial charge in [-0.3, -0.25) is 4.90 Å². The van der Waals surface area contributed by atoms with Gasteiger partial charge < -0.3 is 25.0 Å². The van der Waals surface area contributed by atoms with Gasteiger partial charge in [0.05, 0.1) is 0 Å². The first-order valence-electron chi connectivity index (χ1n) is 13.6. The summed E-state index contributed by atoms with van der Waals surface area (Å²) in [6.07, 6.45) is 3.24. The molecule has 0 unspecified atom stereocenters. The van der Waals surface area contributed by atoms with Crippen molar-refractivity contribution in [3.05, 3.63) is 35.9 Å². The quantitative estimate of drug-likeness (QED) is 0.436. The van der Waals surface area contributed by atoms with Crippen LogP contribution in [-0.4, -0.2) is 87.3 Å². The Balaban J connectivity index is 0.000000316. The molecule has 224 valence electrons. The Kier molecular flexibility index (Phi) is 15.4. The number of likely N-dealkylation sites (tertiary alicyclic amines) is 2. The van der Waals surface area contributed by atoms with Crippen LogP contribution in [0.3, 0.4) is 0 Å². The predicted octanol–water partition coefficient (Wildman–Crippen LogP) is 5.22. The molecular weight excluding hydrogens is 517 g/mol. The van der Waals surface area contributed by atoms with E-state index >= 15 is 0 Å². The molecule has 11 heteroatoms. The number of aliphatic carboxylic acids is 1. The molecule has 1 aromatic carbocycles. The lowest BCUT2D eigenvalue weighted by molar-refractivity contribution is -0.192. The second-order valence-corrected chi connectivity index (χ2v) is 10.8. The summed E-state index contributed by atoms with van der Waals surface area (Å²) in [6.45, 7) is 9.02. The molecule has 1 aromatic rings. The minimum atomic E-state index is -5.08. The molecule has 0 saturated carbocycles. The Morgan fingerprint density at radius 3 is 1.92 bits per heavy atom. The molecule has 2 fully saturated rings. The van der Waals surface area contributed by atoms with Crippen molar-refractivity contribution in [2.45, 2.75) is 103 Å². The highest BCUT2D eigenvalue weighted by atomic mass is 19.4. The fourth-order valence-electron chi connectivity index (χ4n) is 4.57. The number of carboxylic acids is 1. The molecular formula is C28H45F3N2O6. The van der Waals surface area contributed by atoms with Gasteiger partial charge >= 0.3 is 18.2 Å². The summed E-state index contributed by atoms with van der Waals surface area (Å²) in [7, 11) is 0. The normalized spacial score (nSPS) is 20.2. The fourth-order valence-corrected chi connectivity index (χ4v) is 4.57. The summed E-state index contributed by atoms with van der Waals surface area (Å²) in [5.74, 6) is -2.76. The second-order valence-electron chi connectivity index (χ2n) is 10.8. The van der Waals surface area contributed by atoms with Crippen LogP contribution in [0.5, 0.6) is 0 Å². The van der Waals surface area contributed by atoms with E-state index in [1.807, 2.05) is 20.8 Å². The topological polar surface area (TPSA) is 111 Å². The number of aliphatic hydroxyl groups is 2. The predicted molar refractivity (Wildman–Crippen MR) is 142 cm³/mol. The molecule has 8 nitrogen and oxygen atoms in total. The Bertz CT molecular complexity index is 829. The van der Waals surface area contributed by atoms with E-state index in [-0.39, 0.29) is 18.7 Å². The van der Waals surface area contributed by atoms with Gasteiger partial charge in [-0.05, 0) is 77.8 Å². The Morgan fingerprint density at radius 1 is 0.897 bits per heavy atom. The molecule has 0 aromatic heterocycles. The van der Waals surface area contributed by atoms with Gasteiger partial charge in [0.15, 0.2) is 0 Å². The van der Waals surface area contributed by atoms with Crippen LogP contribution in [0.2, 0.25) is 0 Å². The molecule has 3 rings (SSSR count). The summed E-state index contributed by atoms with van der Waals surface area (Å²) in [5.41, 5.74) is 0.936. The summed E-state index contributed by atoms with van der Waals surface area (Å²) in [4.78, 5) is 25.1. The van der Waals surface area contributed by atoms with Crippen LogP contribution in [0.25, 0.3) is 0 Å². The standard InChI is InChI=1S/C14H21NO.C12H23NO3.C2HF3O2/c16-11-9-14-8-4-5-10-15(14)12-13-6-2-1-3-7-13;1-12(2,3)16-11(15)13-8-5-4-6-10(13)7-9-14;3-2(4,5)1(6)7/h1-3,6-7,14,16H,4-5,8-12H2;10,14H,4-9H2,1-3H3;(H,6,7)/t14-;10-;/m11./s1. The van der Waals surface area contributed by atoms with Crippen molar-refractivity contribution in [1.29, 1.82) is 0 Å². The lowest BCUT2D eigenvalue weighted by atomic mass is 9.99. The van der Waals surface area contributed by atoms with E-state index in [1.165, 1.54) is 31.4 Å². The van der Waals surface area contributed by atoms with Crippen molar-refractivity contribution in [3.63, 3.8) is 0 Å². The van der Waals surface area contributed by atoms with Crippen LogP contribution in [0, 0.1) is 0 Å². The molecule has 39 heavy (non-hydrogen) atoms. The third kappa shape index (κ3) is 14.5. The van der Waals surface area contributed by atoms with E-state index in [4.69, 9.17) is 24.9 Å². The third-order valence-electron chi connectivity index (χ3n) is 6.40. The smallest absolute Gasteiger partial charge is 0.475 e. The first kappa shape index (κ1) is 34.7. The molecule has 2 atom stereocenters. The molecule has 0 bridgehead atoms. The average molecular weight is 563 g/mol. The average Bonchev–Trinajstić information content (AvgIpc) is 2.86. The minimum Gasteiger partial charge on any atom is -0.475 e. The van der Waals surface area contributed by atoms with Crippen molar-refractivity contribution < 1.29 is 42.8 Å². The zero-order chi connectivity index (χ0) is 29.5. The maximum atomic E-state index is 11.9. The first-order chi connectivity index (χ1) is 18.3. The van der Waals surface area contributed by atoms with Gasteiger partial charge in [0.25, 0.3) is 0 Å². The number of amides is 1. The molecule has 0 aliphatic carbocycles. The van der Waals surface area contributed by atoms with Crippen molar-refractivity contribution >= 4 is 12.1 Å². The van der Waals surface area contributed by atoms with Gasteiger partial charge in [0.2, 0.25) is 0 Å². The van der Waals surface area contributed by atoms with E-state index in [9.17, 15) is 18.0 Å². The van der Waals surface area contributed by atoms with E-state index in [1.54, 1.807) is 4.90 Å². The van der Waals surface area contributed by atoms with Crippen LogP contribution in [0.4, 0.5) is 18.0 Å². The lowest BCUT2D eigenvalue weighted by Crippen LogP contribution is -2.46. The number of alkyl halides is 3. The SMILES string of the molecule is CC(C)(C)OC(=O)N1CCCC[C@@H]1CCO.O=C(O)C(F)(F)F.OCC[C@H]1CCCCN1Cc1ccccc1. The molecule has 0 spiro atoms. The van der Waals surface area contributed by atoms with Crippen molar-refractivity contribution in [2.75, 3.05) is 26.3 Å². The van der Waals surface area contributed by atoms with Gasteiger partial charge in [0.1, 0.15) is 5.60 Å². The van der Waals surface area contributed by atoms with Gasteiger partial charge in [-0.25, -0.2) is 9.59 Å². The van der Waals surface area contributed by atoms with Crippen LogP contribution in [0.15, 0.2) is 30.3 Å². The third-order valence-corrected chi connectivity index (χ3v) is 6.40. The van der Waals surface area contributed by atoms with Gasteiger partial charge in [0, 0.05) is 38.4 Å². The highest BCUT2D eigenvalue weighted by molar-refractivity contribution is 5.73. The molecule has 2 saturated heterocycles. The zero-order valence-corrected chi connectivity index (χ0v) is 23.3. The van der Waals surface area contributed by atoms with Crippen LogP contribution < -0.4 is 0 Å². The fraction of sp³-hybridized carbons (Fsp3) is 0.714. The molecule has 1 amide bonds. The summed E-state index contributed by atoms with van der Waals surface area (Å²) in [5, 5.41) is 25.2. The van der Waals surface area contributed by atoms with E-state index in [0.29, 0.717) is 19.1 Å². The zero-order valence-electron chi connectivity index (χ0n) is 23.3. The molecule has 3 N–H and O–H groups in total. The summed E-state index contributed by atoms with van der Waals surface area (Å²) in [6, 6.07) is 11.4. The van der Waals surface area contributed by atoms with Crippen molar-refractivity contribution in [1.82, 2.24) is 9.80 Å². The van der Waals surface area contributed by atoms with Crippen molar-refractivity contribution in [3.8, 4) is 0 Å². The summed E-state index contributed by atoms with van der Waals surface area (Å²) < 4.78 is 37.1. The number of halogens is 3. The molecule has 2 heterocycles. The number of nitrogens with zero attached hydrogens (tertiary/aromatic N) is 2. The number of rotatable bonds is 6. The van der Waals surface area contributed by atoms with Crippen LogP contribution in [0.1, 0.15) is 77.7 Å². The maximum Gasteiger partial charge on any atom is 0.490 e. The first-order valence-corrected chi connectivity index (χ1v) is 13.6. The van der Waals surface area contributed by atoms with Gasteiger partial charge in [-0.15, -0.1) is 0 Å². The van der Waals surface area contributed by atoms with E-state index < -0.39 is 17.7 Å². The summed E-state index contributed by atoms with van der Waals surface area (Å²) >= 11 is 0. The number of carboxylic acid groups (broad SMARTS) is 1. The van der Waals surface area contributed by atoms with Gasteiger partial charge in [-0.2, -0.15) is 13.2 Å². The number of aliphatic hydroxyl groups excluding tert-OH is 2. The number of carbonyl (C=O) groups excluding carboxylic acids is 1. The Morgan fingerprint density at radius 2 is 1.41 bits per heavy atom. The second kappa shape index (κ2) is 17.3. The monoisotopic (exact) mass is 562 g/mol. The number of hydrogen-bond donors (Lipinski definition) is 3. The molecule has 2 aliphatic heterocycles. The number of ether oxygens (including phenoxy) is 1. The molecule has 2 aliphatic rings. The van der Waals surface area contributed by atoms with Crippen LogP contribution >= 0.6 is 0 Å². The highest BCUT2D eigenvalue weighted by Crippen LogP contribution is 2.23. The number of piperidine rings is 2. The van der Waals surface area contributed by atoms with Crippen LogP contribution in [-0.2, 0) is 16.1 Å². The number of hydrogen-bond acceptors (Lipinski definition) is 6. The largest absolute Gasteiger partial charge is 0.490 e. The maximum absolute atomic E-state index is 11.9. The van der Waals surface area contributed by atoms with E-state index in [2.05, 4.69) is 35.2 Å². The van der Waals surface area contributed by atoms with Crippen molar-refractivity contribution in [2.24, 2.45) is 0 Å². The Hall–Kier alpha value is -2.37. The minimum absolute atomic E-state index is 0.129. The lowest BCUT2D eigenvalue weighted by Gasteiger charge is -2.36. The van der Waals surface area contributed by atoms with Gasteiger partial charge in [-0.1, -0.05) is 36.8 Å². The Labute approximate surface area is 229 Å². The highest BCUT2D eigenvalue weighted by Gasteiger charge is 2.38. The number of carbonyl (C=O) groups is 2. The molecule has 0 radical (unpaired) electrons. The van der Waals surface area contributed by atoms with E-state index in [0.717, 1.165) is 38.8 Å².